The van der Waals surface area contributed by atoms with Crippen molar-refractivity contribution in [3.63, 3.8) is 0 Å². The van der Waals surface area contributed by atoms with Crippen molar-refractivity contribution in [1.82, 2.24) is 0 Å². The number of hydrogen-bond acceptors (Lipinski definition) is 4. The number of aliphatic hydroxyl groups is 1. The second kappa shape index (κ2) is 6.67. The number of hydrogen-bond donors (Lipinski definition) is 2. The smallest absolute Gasteiger partial charge is 0.256 e. The fourth-order valence-electron chi connectivity index (χ4n) is 1.53. The van der Waals surface area contributed by atoms with Crippen molar-refractivity contribution in [1.29, 1.82) is 5.26 Å². The summed E-state index contributed by atoms with van der Waals surface area (Å²) in [5.41, 5.74) is 0.543. The molecule has 1 aromatic heterocycles. The van der Waals surface area contributed by atoms with Crippen molar-refractivity contribution in [2.75, 3.05) is 11.9 Å². The second-order valence-electron chi connectivity index (χ2n) is 3.92. The quantitative estimate of drug-likeness (QED) is 0.836. The maximum absolute atomic E-state index is 13.7. The Morgan fingerprint density at radius 2 is 2.24 bits per heavy atom. The minimum absolute atomic E-state index is 0.00759. The van der Waals surface area contributed by atoms with Crippen molar-refractivity contribution in [2.24, 2.45) is 0 Å². The van der Waals surface area contributed by atoms with E-state index in [0.717, 1.165) is 6.07 Å². The first-order valence-electron chi connectivity index (χ1n) is 5.83. The van der Waals surface area contributed by atoms with Gasteiger partial charge in [0.05, 0.1) is 27.8 Å². The van der Waals surface area contributed by atoms with Gasteiger partial charge in [-0.25, -0.2) is 4.39 Å². The number of nitrogens with one attached hydrogen (secondary N) is 1. The van der Waals surface area contributed by atoms with Crippen LogP contribution in [-0.2, 0) is 0 Å². The van der Waals surface area contributed by atoms with Crippen LogP contribution >= 0.6 is 11.3 Å². The van der Waals surface area contributed by atoms with Gasteiger partial charge in [-0.2, -0.15) is 5.26 Å². The maximum Gasteiger partial charge on any atom is 0.256 e. The van der Waals surface area contributed by atoms with E-state index in [1.165, 1.54) is 23.5 Å². The molecule has 0 aliphatic heterocycles. The van der Waals surface area contributed by atoms with Gasteiger partial charge in [-0.1, -0.05) is 11.8 Å². The second-order valence-corrected chi connectivity index (χ2v) is 4.83. The highest BCUT2D eigenvalue weighted by atomic mass is 32.1. The molecule has 0 fully saturated rings. The third kappa shape index (κ3) is 3.67. The highest BCUT2D eigenvalue weighted by Gasteiger charge is 2.11. The minimum Gasteiger partial charge on any atom is -0.384 e. The predicted molar refractivity (Wildman–Crippen MR) is 77.4 cm³/mol. The molecule has 21 heavy (non-hydrogen) atoms. The van der Waals surface area contributed by atoms with Crippen LogP contribution < -0.4 is 5.32 Å². The van der Waals surface area contributed by atoms with Gasteiger partial charge in [-0.05, 0) is 24.3 Å². The van der Waals surface area contributed by atoms with E-state index in [-0.39, 0.29) is 17.9 Å². The number of carbonyl (C=O) groups excluding carboxylic acids is 1. The van der Waals surface area contributed by atoms with E-state index in [1.54, 1.807) is 11.4 Å². The zero-order chi connectivity index (χ0) is 15.2. The molecule has 1 heterocycles. The Balaban J connectivity index is 2.15. The lowest BCUT2D eigenvalue weighted by Gasteiger charge is -2.05. The molecule has 6 heteroatoms. The van der Waals surface area contributed by atoms with E-state index in [1.807, 2.05) is 6.07 Å². The number of thiophene rings is 1. The molecule has 2 N–H and O–H groups in total. The van der Waals surface area contributed by atoms with Gasteiger partial charge in [-0.15, -0.1) is 11.3 Å². The highest BCUT2D eigenvalue weighted by Crippen LogP contribution is 2.19. The standard InChI is InChI=1S/C15H9FN2O2S/c16-13-6-10(8-17)3-4-14(13)18-15(20)11-7-12(21-9-11)2-1-5-19/h3-4,6-7,9,19H,5H2,(H,18,20). The molecule has 0 aliphatic rings. The van der Waals surface area contributed by atoms with Crippen LogP contribution in [0, 0.1) is 29.0 Å². The average Bonchev–Trinajstić information content (AvgIpc) is 2.96. The predicted octanol–water partition coefficient (Wildman–Crippen LogP) is 2.35. The molecule has 104 valence electrons. The molecule has 0 bridgehead atoms. The van der Waals surface area contributed by atoms with Gasteiger partial charge in [0, 0.05) is 5.38 Å². The Morgan fingerprint density at radius 3 is 2.90 bits per heavy atom. The Bertz CT molecular complexity index is 781. The molecule has 0 atom stereocenters. The number of benzene rings is 1. The molecule has 0 saturated heterocycles. The molecule has 0 spiro atoms. The van der Waals surface area contributed by atoms with E-state index < -0.39 is 11.7 Å². The summed E-state index contributed by atoms with van der Waals surface area (Å²) in [5, 5.41) is 21.3. The topological polar surface area (TPSA) is 73.1 Å². The van der Waals surface area contributed by atoms with Crippen LogP contribution in [0.1, 0.15) is 20.8 Å². The first kappa shape index (κ1) is 14.7. The van der Waals surface area contributed by atoms with E-state index in [2.05, 4.69) is 17.2 Å². The van der Waals surface area contributed by atoms with Gasteiger partial charge in [0.2, 0.25) is 0 Å². The van der Waals surface area contributed by atoms with Crippen LogP contribution in [-0.4, -0.2) is 17.6 Å². The van der Waals surface area contributed by atoms with Crippen LogP contribution in [0.5, 0.6) is 0 Å². The lowest BCUT2D eigenvalue weighted by Crippen LogP contribution is -2.12. The third-order valence-electron chi connectivity index (χ3n) is 2.50. The number of halogens is 1. The van der Waals surface area contributed by atoms with Crippen LogP contribution in [0.25, 0.3) is 0 Å². The van der Waals surface area contributed by atoms with Crippen LogP contribution in [0.15, 0.2) is 29.6 Å². The summed E-state index contributed by atoms with van der Waals surface area (Å²) in [5.74, 6) is 4.04. The largest absolute Gasteiger partial charge is 0.384 e. The zero-order valence-electron chi connectivity index (χ0n) is 10.7. The van der Waals surface area contributed by atoms with E-state index in [9.17, 15) is 9.18 Å². The molecule has 0 unspecified atom stereocenters. The summed E-state index contributed by atoms with van der Waals surface area (Å²) in [6.07, 6.45) is 0. The molecule has 0 aliphatic carbocycles. The zero-order valence-corrected chi connectivity index (χ0v) is 11.5. The molecule has 0 radical (unpaired) electrons. The van der Waals surface area contributed by atoms with Crippen LogP contribution in [0.2, 0.25) is 0 Å². The van der Waals surface area contributed by atoms with Crippen molar-refractivity contribution in [3.8, 4) is 17.9 Å². The number of nitriles is 1. The summed E-state index contributed by atoms with van der Waals surface area (Å²) in [6.45, 7) is -0.254. The Labute approximate surface area is 124 Å². The number of nitrogens with zero attached hydrogens (tertiary/aromatic N) is 1. The van der Waals surface area contributed by atoms with Gasteiger partial charge in [0.15, 0.2) is 0 Å². The molecule has 1 aromatic carbocycles. The summed E-state index contributed by atoms with van der Waals surface area (Å²) in [6, 6.07) is 7.19. The Kier molecular flexibility index (Phi) is 4.68. The number of amides is 1. The van der Waals surface area contributed by atoms with Crippen LogP contribution in [0.3, 0.4) is 0 Å². The van der Waals surface area contributed by atoms with Crippen LogP contribution in [0.4, 0.5) is 10.1 Å². The fourth-order valence-corrected chi connectivity index (χ4v) is 2.28. The van der Waals surface area contributed by atoms with Gasteiger partial charge in [-0.3, -0.25) is 4.79 Å². The molecule has 2 rings (SSSR count). The van der Waals surface area contributed by atoms with Crippen molar-refractivity contribution < 1.29 is 14.3 Å². The third-order valence-corrected chi connectivity index (χ3v) is 3.34. The summed E-state index contributed by atoms with van der Waals surface area (Å²) >= 11 is 1.26. The molecular formula is C15H9FN2O2S. The molecule has 1 amide bonds. The van der Waals surface area contributed by atoms with E-state index >= 15 is 0 Å². The van der Waals surface area contributed by atoms with Gasteiger partial charge < -0.3 is 10.4 Å². The van der Waals surface area contributed by atoms with E-state index in [0.29, 0.717) is 10.4 Å². The monoisotopic (exact) mass is 300 g/mol. The summed E-state index contributed by atoms with van der Waals surface area (Å²) in [4.78, 5) is 12.6. The van der Waals surface area contributed by atoms with Gasteiger partial charge in [0.25, 0.3) is 5.91 Å². The normalized spacial score (nSPS) is 9.38. The summed E-state index contributed by atoms with van der Waals surface area (Å²) < 4.78 is 13.7. The Morgan fingerprint density at radius 1 is 1.43 bits per heavy atom. The van der Waals surface area contributed by atoms with E-state index in [4.69, 9.17) is 10.4 Å². The molecule has 0 saturated carbocycles. The first-order chi connectivity index (χ1) is 10.1. The fraction of sp³-hybridized carbons (Fsp3) is 0.0667. The van der Waals surface area contributed by atoms with Crippen molar-refractivity contribution in [3.05, 3.63) is 51.5 Å². The Hall–Kier alpha value is -2.67. The van der Waals surface area contributed by atoms with Gasteiger partial charge >= 0.3 is 0 Å². The lowest BCUT2D eigenvalue weighted by atomic mass is 10.2. The molecule has 2 aromatic rings. The lowest BCUT2D eigenvalue weighted by molar-refractivity contribution is 0.102. The number of aliphatic hydroxyl groups excluding tert-OH is 1. The average molecular weight is 300 g/mol. The van der Waals surface area contributed by atoms with Crippen molar-refractivity contribution in [2.45, 2.75) is 0 Å². The minimum atomic E-state index is -0.669. The highest BCUT2D eigenvalue weighted by molar-refractivity contribution is 7.10. The number of carbonyl (C=O) groups is 1. The number of anilines is 1. The van der Waals surface area contributed by atoms with Gasteiger partial charge in [0.1, 0.15) is 12.4 Å². The SMILES string of the molecule is N#Cc1ccc(NC(=O)c2csc(C#CCO)c2)c(F)c1. The number of rotatable bonds is 2. The molecular weight excluding hydrogens is 291 g/mol. The first-order valence-corrected chi connectivity index (χ1v) is 6.71. The molecule has 4 nitrogen and oxygen atoms in total. The maximum atomic E-state index is 13.7. The van der Waals surface area contributed by atoms with Crippen molar-refractivity contribution >= 4 is 22.9 Å². The summed E-state index contributed by atoms with van der Waals surface area (Å²) in [7, 11) is 0.